The highest BCUT2D eigenvalue weighted by atomic mass is 16.1. The van der Waals surface area contributed by atoms with E-state index in [4.69, 9.17) is 0 Å². The first-order chi connectivity index (χ1) is 5.77. The molecule has 0 amide bonds. The van der Waals surface area contributed by atoms with Gasteiger partial charge in [-0.05, 0) is 18.1 Å². The second-order valence-electron chi connectivity index (χ2n) is 2.55. The third kappa shape index (κ3) is 1.78. The van der Waals surface area contributed by atoms with E-state index in [-0.39, 0.29) is 5.78 Å². The Bertz CT molecular complexity index is 282. The third-order valence-corrected chi connectivity index (χ3v) is 1.66. The molecule has 0 aromatic carbocycles. The number of carbonyl (C=O) groups is 1. The van der Waals surface area contributed by atoms with Gasteiger partial charge in [-0.1, -0.05) is 12.2 Å². The lowest BCUT2D eigenvalue weighted by molar-refractivity contribution is -0.113. The fourth-order valence-electron chi connectivity index (χ4n) is 1.10. The predicted molar refractivity (Wildman–Crippen MR) is 46.3 cm³/mol. The molecule has 61 valence electrons. The summed E-state index contributed by atoms with van der Waals surface area (Å²) in [6.45, 7) is 3.54. The number of ketones is 1. The van der Waals surface area contributed by atoms with Gasteiger partial charge in [0.2, 0.25) is 6.29 Å². The Kier molecular flexibility index (Phi) is 2.75. The summed E-state index contributed by atoms with van der Waals surface area (Å²) in [5, 5.41) is 0. The second-order valence-corrected chi connectivity index (χ2v) is 2.55. The first kappa shape index (κ1) is 8.65. The molecule has 12 heavy (non-hydrogen) atoms. The van der Waals surface area contributed by atoms with Gasteiger partial charge in [0.1, 0.15) is 0 Å². The van der Waals surface area contributed by atoms with Crippen molar-refractivity contribution in [3.63, 3.8) is 0 Å². The smallest absolute Gasteiger partial charge is 0.233 e. The van der Waals surface area contributed by atoms with Crippen molar-refractivity contribution in [1.29, 1.82) is 0 Å². The maximum Gasteiger partial charge on any atom is 0.233 e. The molecule has 0 bridgehead atoms. The molecular weight excluding hydrogens is 152 g/mol. The Balaban J connectivity index is 2.89. The summed E-state index contributed by atoms with van der Waals surface area (Å²) in [7, 11) is 0. The molecule has 0 saturated heterocycles. The zero-order valence-corrected chi connectivity index (χ0v) is 6.67. The van der Waals surface area contributed by atoms with Crippen molar-refractivity contribution in [2.24, 2.45) is 0 Å². The van der Waals surface area contributed by atoms with Crippen LogP contribution < -0.4 is 0 Å². The van der Waals surface area contributed by atoms with Crippen molar-refractivity contribution < 1.29 is 9.59 Å². The summed E-state index contributed by atoms with van der Waals surface area (Å²) < 4.78 is 0. The van der Waals surface area contributed by atoms with Crippen molar-refractivity contribution in [3.8, 4) is 0 Å². The van der Waals surface area contributed by atoms with Crippen LogP contribution in [0.1, 0.15) is 12.8 Å². The van der Waals surface area contributed by atoms with Crippen LogP contribution in [0.2, 0.25) is 0 Å². The number of hydrogen-bond acceptors (Lipinski definition) is 2. The first-order valence-electron chi connectivity index (χ1n) is 3.71. The quantitative estimate of drug-likeness (QED) is 0.588. The standard InChI is InChI=1S/C10H9O2/c1-2-3-8-6-10(12)5-4-9(8)7-11/h2,4,6H,1,3,5H2. The zero-order chi connectivity index (χ0) is 8.97. The Labute approximate surface area is 71.3 Å². The minimum absolute atomic E-state index is 0.0332. The van der Waals surface area contributed by atoms with Crippen molar-refractivity contribution in [2.45, 2.75) is 12.8 Å². The van der Waals surface area contributed by atoms with E-state index in [0.29, 0.717) is 18.4 Å². The average molecular weight is 161 g/mol. The minimum Gasteiger partial charge on any atom is -0.294 e. The van der Waals surface area contributed by atoms with Gasteiger partial charge in [0.25, 0.3) is 0 Å². The van der Waals surface area contributed by atoms with Crippen LogP contribution in [0.25, 0.3) is 0 Å². The van der Waals surface area contributed by atoms with E-state index in [9.17, 15) is 9.59 Å². The maximum absolute atomic E-state index is 10.9. The molecule has 1 radical (unpaired) electrons. The monoisotopic (exact) mass is 161 g/mol. The van der Waals surface area contributed by atoms with Crippen LogP contribution in [-0.2, 0) is 9.59 Å². The molecule has 0 atom stereocenters. The third-order valence-electron chi connectivity index (χ3n) is 1.66. The molecule has 1 aliphatic carbocycles. The van der Waals surface area contributed by atoms with Crippen molar-refractivity contribution in [3.05, 3.63) is 36.0 Å². The van der Waals surface area contributed by atoms with E-state index in [1.807, 2.05) is 0 Å². The highest BCUT2D eigenvalue weighted by Gasteiger charge is 2.11. The Morgan fingerprint density at radius 2 is 2.42 bits per heavy atom. The normalized spacial score (nSPS) is 16.5. The van der Waals surface area contributed by atoms with Crippen LogP contribution in [0, 0.1) is 0 Å². The fourth-order valence-corrected chi connectivity index (χ4v) is 1.10. The van der Waals surface area contributed by atoms with Crippen molar-refractivity contribution >= 4 is 12.1 Å². The Morgan fingerprint density at radius 3 is 3.00 bits per heavy atom. The number of allylic oxidation sites excluding steroid dienone is 5. The van der Waals surface area contributed by atoms with Crippen molar-refractivity contribution in [2.75, 3.05) is 0 Å². The van der Waals surface area contributed by atoms with Gasteiger partial charge in [0.05, 0.1) is 0 Å². The van der Waals surface area contributed by atoms with Gasteiger partial charge in [0, 0.05) is 12.0 Å². The SMILES string of the molecule is C=CCC1=CC(=O)CC=C1[C]=O. The summed E-state index contributed by atoms with van der Waals surface area (Å²) in [5.41, 5.74) is 1.21. The molecule has 0 fully saturated rings. The summed E-state index contributed by atoms with van der Waals surface area (Å²) in [4.78, 5) is 21.3. The Morgan fingerprint density at radius 1 is 1.67 bits per heavy atom. The molecule has 0 aliphatic heterocycles. The van der Waals surface area contributed by atoms with Gasteiger partial charge in [-0.25, -0.2) is 0 Å². The summed E-state index contributed by atoms with van der Waals surface area (Å²) in [5.74, 6) is 0.0332. The van der Waals surface area contributed by atoms with Crippen LogP contribution in [0.4, 0.5) is 0 Å². The van der Waals surface area contributed by atoms with Gasteiger partial charge < -0.3 is 0 Å². The molecule has 1 rings (SSSR count). The molecule has 0 aromatic heterocycles. The molecule has 0 unspecified atom stereocenters. The minimum atomic E-state index is 0.0332. The van der Waals surface area contributed by atoms with Crippen molar-refractivity contribution in [1.82, 2.24) is 0 Å². The van der Waals surface area contributed by atoms with E-state index in [1.165, 1.54) is 6.08 Å². The predicted octanol–water partition coefficient (Wildman–Crippen LogP) is 1.50. The largest absolute Gasteiger partial charge is 0.294 e. The van der Waals surface area contributed by atoms with Gasteiger partial charge in [-0.3, -0.25) is 9.59 Å². The van der Waals surface area contributed by atoms with Crippen LogP contribution in [0.15, 0.2) is 36.0 Å². The lowest BCUT2D eigenvalue weighted by atomic mass is 9.96. The zero-order valence-electron chi connectivity index (χ0n) is 6.67. The summed E-state index contributed by atoms with van der Waals surface area (Å²) in [6, 6.07) is 0. The topological polar surface area (TPSA) is 34.1 Å². The van der Waals surface area contributed by atoms with Gasteiger partial charge in [-0.2, -0.15) is 0 Å². The number of hydrogen-bond donors (Lipinski definition) is 0. The molecule has 0 N–H and O–H groups in total. The average Bonchev–Trinajstić information content (AvgIpc) is 2.05. The summed E-state index contributed by atoms with van der Waals surface area (Å²) >= 11 is 0. The second kappa shape index (κ2) is 3.81. The van der Waals surface area contributed by atoms with Crippen LogP contribution in [-0.4, -0.2) is 12.1 Å². The number of rotatable bonds is 3. The molecule has 2 heteroatoms. The molecular formula is C10H9O2. The lowest BCUT2D eigenvalue weighted by Crippen LogP contribution is -2.03. The van der Waals surface area contributed by atoms with Gasteiger partial charge in [-0.15, -0.1) is 6.58 Å². The molecule has 2 nitrogen and oxygen atoms in total. The van der Waals surface area contributed by atoms with E-state index < -0.39 is 0 Å². The maximum atomic E-state index is 10.9. The van der Waals surface area contributed by atoms with E-state index in [0.717, 1.165) is 5.57 Å². The van der Waals surface area contributed by atoms with Crippen LogP contribution in [0.3, 0.4) is 0 Å². The Hall–Kier alpha value is -1.44. The number of carbonyl (C=O) groups excluding carboxylic acids is 2. The van der Waals surface area contributed by atoms with E-state index in [2.05, 4.69) is 6.58 Å². The van der Waals surface area contributed by atoms with Crippen LogP contribution in [0.5, 0.6) is 0 Å². The van der Waals surface area contributed by atoms with E-state index in [1.54, 1.807) is 18.4 Å². The molecule has 0 heterocycles. The van der Waals surface area contributed by atoms with E-state index >= 15 is 0 Å². The molecule has 0 aromatic rings. The highest BCUT2D eigenvalue weighted by Crippen LogP contribution is 2.18. The first-order valence-corrected chi connectivity index (χ1v) is 3.71. The van der Waals surface area contributed by atoms with Crippen LogP contribution >= 0.6 is 0 Å². The highest BCUT2D eigenvalue weighted by molar-refractivity contribution is 5.98. The fraction of sp³-hybridized carbons (Fsp3) is 0.200. The molecule has 1 aliphatic rings. The van der Waals surface area contributed by atoms with Gasteiger partial charge in [0.15, 0.2) is 5.78 Å². The van der Waals surface area contributed by atoms with Gasteiger partial charge >= 0.3 is 0 Å². The summed E-state index contributed by atoms with van der Waals surface area (Å²) in [6.07, 6.45) is 7.42. The molecule has 0 spiro atoms. The molecule has 0 saturated carbocycles. The lowest BCUT2D eigenvalue weighted by Gasteiger charge is -2.07.